The summed E-state index contributed by atoms with van der Waals surface area (Å²) < 4.78 is 14.1. The van der Waals surface area contributed by atoms with E-state index in [1.54, 1.807) is 17.8 Å². The van der Waals surface area contributed by atoms with Crippen LogP contribution < -0.4 is 5.32 Å². The third-order valence-corrected chi connectivity index (χ3v) is 4.49. The van der Waals surface area contributed by atoms with E-state index in [1.807, 2.05) is 24.3 Å². The second-order valence-corrected chi connectivity index (χ2v) is 6.17. The van der Waals surface area contributed by atoms with Crippen LogP contribution in [0.1, 0.15) is 30.0 Å². The van der Waals surface area contributed by atoms with Crippen molar-refractivity contribution >= 4 is 11.8 Å². The number of hydrogen-bond acceptors (Lipinski definition) is 2. The molecule has 1 N–H and O–H groups in total. The zero-order chi connectivity index (χ0) is 15.1. The van der Waals surface area contributed by atoms with Crippen molar-refractivity contribution < 1.29 is 4.39 Å². The number of rotatable bonds is 7. The Morgan fingerprint density at radius 1 is 1.14 bits per heavy atom. The van der Waals surface area contributed by atoms with Gasteiger partial charge in [-0.15, -0.1) is 11.8 Å². The summed E-state index contributed by atoms with van der Waals surface area (Å²) in [4.78, 5) is 0.720. The van der Waals surface area contributed by atoms with Gasteiger partial charge in [-0.2, -0.15) is 0 Å². The molecule has 0 bridgehead atoms. The summed E-state index contributed by atoms with van der Waals surface area (Å²) in [7, 11) is 0. The van der Waals surface area contributed by atoms with Gasteiger partial charge in [0.25, 0.3) is 0 Å². The summed E-state index contributed by atoms with van der Waals surface area (Å²) in [6.45, 7) is 5.91. The fraction of sp³-hybridized carbons (Fsp3) is 0.333. The zero-order valence-corrected chi connectivity index (χ0v) is 13.5. The fourth-order valence-electron chi connectivity index (χ4n) is 2.11. The highest BCUT2D eigenvalue weighted by Gasteiger charge is 2.06. The van der Waals surface area contributed by atoms with Crippen LogP contribution in [0.25, 0.3) is 0 Å². The van der Waals surface area contributed by atoms with Crippen molar-refractivity contribution in [1.82, 2.24) is 5.32 Å². The van der Waals surface area contributed by atoms with Gasteiger partial charge in [0.2, 0.25) is 0 Å². The van der Waals surface area contributed by atoms with E-state index in [2.05, 4.69) is 31.3 Å². The summed E-state index contributed by atoms with van der Waals surface area (Å²) in [6, 6.07) is 13.8. The van der Waals surface area contributed by atoms with E-state index in [9.17, 15) is 4.39 Å². The Balaban J connectivity index is 1.96. The van der Waals surface area contributed by atoms with Gasteiger partial charge < -0.3 is 5.32 Å². The van der Waals surface area contributed by atoms with Gasteiger partial charge >= 0.3 is 0 Å². The van der Waals surface area contributed by atoms with Crippen LogP contribution in [0.3, 0.4) is 0 Å². The zero-order valence-electron chi connectivity index (χ0n) is 12.7. The molecular formula is C18H22FNS. The van der Waals surface area contributed by atoms with Crippen LogP contribution in [0.2, 0.25) is 0 Å². The monoisotopic (exact) mass is 303 g/mol. The van der Waals surface area contributed by atoms with E-state index >= 15 is 0 Å². The lowest BCUT2D eigenvalue weighted by Crippen LogP contribution is -2.13. The number of thioether (sulfide) groups is 1. The van der Waals surface area contributed by atoms with Crippen LogP contribution >= 0.6 is 11.8 Å². The minimum absolute atomic E-state index is 0.121. The maximum atomic E-state index is 14.1. The summed E-state index contributed by atoms with van der Waals surface area (Å²) in [5.41, 5.74) is 3.52. The Labute approximate surface area is 131 Å². The van der Waals surface area contributed by atoms with E-state index < -0.39 is 0 Å². The van der Waals surface area contributed by atoms with Crippen molar-refractivity contribution in [3.8, 4) is 0 Å². The SMILES string of the molecule is CCCNCc1ccc(SCc2ccccc2C)c(F)c1. The van der Waals surface area contributed by atoms with Crippen molar-refractivity contribution in [3.63, 3.8) is 0 Å². The predicted octanol–water partition coefficient (Wildman–Crippen LogP) is 4.93. The Hall–Kier alpha value is -1.32. The van der Waals surface area contributed by atoms with Crippen molar-refractivity contribution in [2.75, 3.05) is 6.54 Å². The molecule has 0 aromatic heterocycles. The standard InChI is InChI=1S/C18H22FNS/c1-3-10-20-12-15-8-9-18(17(19)11-15)21-13-16-7-5-4-6-14(16)2/h4-9,11,20H,3,10,12-13H2,1-2H3. The molecule has 112 valence electrons. The molecule has 0 unspecified atom stereocenters. The van der Waals surface area contributed by atoms with Gasteiger partial charge in [0.15, 0.2) is 0 Å². The molecule has 3 heteroatoms. The van der Waals surface area contributed by atoms with E-state index in [-0.39, 0.29) is 5.82 Å². The number of hydrogen-bond donors (Lipinski definition) is 1. The van der Waals surface area contributed by atoms with Crippen molar-refractivity contribution in [2.45, 2.75) is 37.5 Å². The molecule has 0 aliphatic carbocycles. The van der Waals surface area contributed by atoms with E-state index in [1.165, 1.54) is 11.1 Å². The molecule has 0 fully saturated rings. The fourth-order valence-corrected chi connectivity index (χ4v) is 3.10. The minimum Gasteiger partial charge on any atom is -0.313 e. The van der Waals surface area contributed by atoms with Crippen LogP contribution in [-0.2, 0) is 12.3 Å². The molecule has 0 atom stereocenters. The Morgan fingerprint density at radius 3 is 2.67 bits per heavy atom. The third kappa shape index (κ3) is 4.87. The first kappa shape index (κ1) is 16.1. The van der Waals surface area contributed by atoms with Crippen LogP contribution in [0.4, 0.5) is 4.39 Å². The van der Waals surface area contributed by atoms with Gasteiger partial charge in [-0.05, 0) is 48.7 Å². The van der Waals surface area contributed by atoms with Gasteiger partial charge in [0.05, 0.1) is 0 Å². The maximum Gasteiger partial charge on any atom is 0.137 e. The molecular weight excluding hydrogens is 281 g/mol. The molecule has 2 aromatic rings. The molecule has 2 rings (SSSR count). The molecule has 0 heterocycles. The van der Waals surface area contributed by atoms with Crippen molar-refractivity contribution in [2.24, 2.45) is 0 Å². The van der Waals surface area contributed by atoms with E-state index in [4.69, 9.17) is 0 Å². The first-order chi connectivity index (χ1) is 10.2. The summed E-state index contributed by atoms with van der Waals surface area (Å²) in [5.74, 6) is 0.682. The molecule has 0 spiro atoms. The summed E-state index contributed by atoms with van der Waals surface area (Å²) in [5, 5.41) is 3.29. The van der Waals surface area contributed by atoms with Crippen LogP contribution in [0.15, 0.2) is 47.4 Å². The summed E-state index contributed by atoms with van der Waals surface area (Å²) >= 11 is 1.56. The molecule has 1 nitrogen and oxygen atoms in total. The number of aryl methyl sites for hydroxylation is 1. The van der Waals surface area contributed by atoms with Crippen molar-refractivity contribution in [3.05, 3.63) is 65.0 Å². The van der Waals surface area contributed by atoms with Crippen LogP contribution in [-0.4, -0.2) is 6.54 Å². The number of benzene rings is 2. The maximum absolute atomic E-state index is 14.1. The van der Waals surface area contributed by atoms with Crippen molar-refractivity contribution in [1.29, 1.82) is 0 Å². The van der Waals surface area contributed by atoms with Gasteiger partial charge in [-0.25, -0.2) is 4.39 Å². The minimum atomic E-state index is -0.121. The predicted molar refractivity (Wildman–Crippen MR) is 89.1 cm³/mol. The first-order valence-corrected chi connectivity index (χ1v) is 8.35. The van der Waals surface area contributed by atoms with Crippen LogP contribution in [0, 0.1) is 12.7 Å². The molecule has 0 radical (unpaired) electrons. The van der Waals surface area contributed by atoms with E-state index in [0.717, 1.165) is 35.7 Å². The van der Waals surface area contributed by atoms with Gasteiger partial charge in [0, 0.05) is 17.2 Å². The van der Waals surface area contributed by atoms with Gasteiger partial charge in [-0.1, -0.05) is 37.3 Å². The average molecular weight is 303 g/mol. The second kappa shape index (κ2) is 8.20. The molecule has 0 saturated heterocycles. The van der Waals surface area contributed by atoms with E-state index in [0.29, 0.717) is 0 Å². The molecule has 21 heavy (non-hydrogen) atoms. The second-order valence-electron chi connectivity index (χ2n) is 5.16. The molecule has 0 amide bonds. The van der Waals surface area contributed by atoms with Gasteiger partial charge in [0.1, 0.15) is 5.82 Å². The Morgan fingerprint density at radius 2 is 1.95 bits per heavy atom. The normalized spacial score (nSPS) is 10.8. The highest BCUT2D eigenvalue weighted by atomic mass is 32.2. The Bertz CT molecular complexity index is 583. The molecule has 0 aliphatic heterocycles. The smallest absolute Gasteiger partial charge is 0.137 e. The number of nitrogens with one attached hydrogen (secondary N) is 1. The highest BCUT2D eigenvalue weighted by Crippen LogP contribution is 2.27. The highest BCUT2D eigenvalue weighted by molar-refractivity contribution is 7.98. The largest absolute Gasteiger partial charge is 0.313 e. The summed E-state index contributed by atoms with van der Waals surface area (Å²) in [6.07, 6.45) is 1.09. The lowest BCUT2D eigenvalue weighted by atomic mass is 10.1. The number of halogens is 1. The lowest BCUT2D eigenvalue weighted by Gasteiger charge is -2.08. The quantitative estimate of drug-likeness (QED) is 0.575. The molecule has 0 aliphatic rings. The third-order valence-electron chi connectivity index (χ3n) is 3.40. The van der Waals surface area contributed by atoms with Crippen LogP contribution in [0.5, 0.6) is 0 Å². The Kier molecular flexibility index (Phi) is 6.27. The average Bonchev–Trinajstić information content (AvgIpc) is 2.48. The molecule has 0 saturated carbocycles. The topological polar surface area (TPSA) is 12.0 Å². The lowest BCUT2D eigenvalue weighted by molar-refractivity contribution is 0.595. The molecule has 2 aromatic carbocycles. The van der Waals surface area contributed by atoms with Gasteiger partial charge in [-0.3, -0.25) is 0 Å². The first-order valence-electron chi connectivity index (χ1n) is 7.37.